The number of methoxy groups -OCH3 is 1. The Morgan fingerprint density at radius 3 is 2.57 bits per heavy atom. The third kappa shape index (κ3) is 4.09. The lowest BCUT2D eigenvalue weighted by atomic mass is 10.1. The molecule has 0 amide bonds. The van der Waals surface area contributed by atoms with Crippen molar-refractivity contribution in [2.45, 2.75) is 13.3 Å². The number of hydrogen-bond acceptors (Lipinski definition) is 2. The van der Waals surface area contributed by atoms with Gasteiger partial charge in [0.15, 0.2) is 5.11 Å². The molecule has 0 fully saturated rings. The SMILES string of the molecule is CCc1ccccc1NC(=S)Nc1cc(Cl)ccc1OC. The van der Waals surface area contributed by atoms with Crippen LogP contribution >= 0.6 is 23.8 Å². The van der Waals surface area contributed by atoms with Gasteiger partial charge in [-0.2, -0.15) is 0 Å². The van der Waals surface area contributed by atoms with Gasteiger partial charge in [0, 0.05) is 10.7 Å². The molecule has 2 aromatic rings. The molecule has 0 atom stereocenters. The van der Waals surface area contributed by atoms with Gasteiger partial charge in [0.2, 0.25) is 0 Å². The lowest BCUT2D eigenvalue weighted by Crippen LogP contribution is -2.20. The van der Waals surface area contributed by atoms with Gasteiger partial charge in [0.25, 0.3) is 0 Å². The van der Waals surface area contributed by atoms with Gasteiger partial charge in [-0.1, -0.05) is 36.7 Å². The quantitative estimate of drug-likeness (QED) is 0.799. The summed E-state index contributed by atoms with van der Waals surface area (Å²) in [4.78, 5) is 0. The topological polar surface area (TPSA) is 33.3 Å². The zero-order valence-corrected chi connectivity index (χ0v) is 13.5. The largest absolute Gasteiger partial charge is 0.495 e. The number of halogens is 1. The van der Waals surface area contributed by atoms with E-state index in [1.54, 1.807) is 25.3 Å². The second kappa shape index (κ2) is 7.29. The zero-order valence-electron chi connectivity index (χ0n) is 11.9. The molecule has 0 aliphatic heterocycles. The third-order valence-electron chi connectivity index (χ3n) is 3.06. The molecule has 0 aliphatic rings. The first-order chi connectivity index (χ1) is 10.1. The molecular formula is C16H17ClN2OS. The monoisotopic (exact) mass is 320 g/mol. The Balaban J connectivity index is 2.13. The van der Waals surface area contributed by atoms with E-state index in [4.69, 9.17) is 28.6 Å². The first kappa shape index (κ1) is 15.6. The molecule has 0 heterocycles. The molecule has 2 N–H and O–H groups in total. The highest BCUT2D eigenvalue weighted by atomic mass is 35.5. The van der Waals surface area contributed by atoms with Gasteiger partial charge < -0.3 is 15.4 Å². The van der Waals surface area contributed by atoms with E-state index in [0.717, 1.165) is 17.8 Å². The zero-order chi connectivity index (χ0) is 15.2. The summed E-state index contributed by atoms with van der Waals surface area (Å²) in [5.74, 6) is 0.687. The summed E-state index contributed by atoms with van der Waals surface area (Å²) in [5.41, 5.74) is 2.94. The highest BCUT2D eigenvalue weighted by molar-refractivity contribution is 7.80. The summed E-state index contributed by atoms with van der Waals surface area (Å²) in [6.07, 6.45) is 0.937. The van der Waals surface area contributed by atoms with Crippen molar-refractivity contribution in [3.63, 3.8) is 0 Å². The van der Waals surface area contributed by atoms with Gasteiger partial charge in [-0.25, -0.2) is 0 Å². The maximum Gasteiger partial charge on any atom is 0.175 e. The molecule has 0 aliphatic carbocycles. The van der Waals surface area contributed by atoms with Crippen molar-refractivity contribution in [3.05, 3.63) is 53.1 Å². The molecule has 0 radical (unpaired) electrons. The van der Waals surface area contributed by atoms with Gasteiger partial charge in [-0.05, 0) is 48.5 Å². The molecule has 5 heteroatoms. The maximum absolute atomic E-state index is 6.01. The van der Waals surface area contributed by atoms with Gasteiger partial charge in [-0.15, -0.1) is 0 Å². The number of hydrogen-bond donors (Lipinski definition) is 2. The highest BCUT2D eigenvalue weighted by Crippen LogP contribution is 2.28. The Labute approximate surface area is 135 Å². The molecule has 0 spiro atoms. The summed E-state index contributed by atoms with van der Waals surface area (Å²) < 4.78 is 5.29. The Morgan fingerprint density at radius 1 is 1.14 bits per heavy atom. The standard InChI is InChI=1S/C16H17ClN2OS/c1-3-11-6-4-5-7-13(11)18-16(21)19-14-10-12(17)8-9-15(14)20-2/h4-10H,3H2,1-2H3,(H2,18,19,21). The molecule has 0 unspecified atom stereocenters. The molecule has 110 valence electrons. The van der Waals surface area contributed by atoms with Crippen LogP contribution in [-0.4, -0.2) is 12.2 Å². The number of anilines is 2. The van der Waals surface area contributed by atoms with Crippen LogP contribution in [0.1, 0.15) is 12.5 Å². The van der Waals surface area contributed by atoms with Crippen LogP contribution < -0.4 is 15.4 Å². The summed E-state index contributed by atoms with van der Waals surface area (Å²) in [6, 6.07) is 13.4. The number of nitrogens with one attached hydrogen (secondary N) is 2. The first-order valence-electron chi connectivity index (χ1n) is 6.63. The van der Waals surface area contributed by atoms with E-state index in [1.807, 2.05) is 18.2 Å². The van der Waals surface area contributed by atoms with Crippen molar-refractivity contribution in [1.29, 1.82) is 0 Å². The van der Waals surface area contributed by atoms with Crippen molar-refractivity contribution < 1.29 is 4.74 Å². The van der Waals surface area contributed by atoms with E-state index in [1.165, 1.54) is 5.56 Å². The molecule has 3 nitrogen and oxygen atoms in total. The smallest absolute Gasteiger partial charge is 0.175 e. The lowest BCUT2D eigenvalue weighted by Gasteiger charge is -2.15. The minimum Gasteiger partial charge on any atom is -0.495 e. The molecule has 2 rings (SSSR count). The molecule has 0 aromatic heterocycles. The van der Waals surface area contributed by atoms with Crippen LogP contribution in [0.5, 0.6) is 5.75 Å². The minimum absolute atomic E-state index is 0.497. The average Bonchev–Trinajstić information content (AvgIpc) is 2.48. The van der Waals surface area contributed by atoms with Gasteiger partial charge in [-0.3, -0.25) is 0 Å². The van der Waals surface area contributed by atoms with E-state index in [-0.39, 0.29) is 0 Å². The summed E-state index contributed by atoms with van der Waals surface area (Å²) >= 11 is 11.4. The molecule has 0 saturated heterocycles. The number of thiocarbonyl (C=S) groups is 1. The molecule has 21 heavy (non-hydrogen) atoms. The Morgan fingerprint density at radius 2 is 1.86 bits per heavy atom. The van der Waals surface area contributed by atoms with E-state index in [0.29, 0.717) is 15.9 Å². The average molecular weight is 321 g/mol. The number of aryl methyl sites for hydroxylation is 1. The molecule has 0 bridgehead atoms. The predicted octanol–water partition coefficient (Wildman–Crippen LogP) is 4.72. The van der Waals surface area contributed by atoms with Crippen LogP contribution in [0, 0.1) is 0 Å². The Hall–Kier alpha value is -1.78. The lowest BCUT2D eigenvalue weighted by molar-refractivity contribution is 0.417. The number of benzene rings is 2. The van der Waals surface area contributed by atoms with Crippen LogP contribution in [0.4, 0.5) is 11.4 Å². The summed E-state index contributed by atoms with van der Waals surface area (Å²) in [6.45, 7) is 2.11. The third-order valence-corrected chi connectivity index (χ3v) is 3.50. The second-order valence-corrected chi connectivity index (χ2v) is 5.28. The summed E-state index contributed by atoms with van der Waals surface area (Å²) in [7, 11) is 1.61. The van der Waals surface area contributed by atoms with Gasteiger partial charge in [0.05, 0.1) is 12.8 Å². The fraction of sp³-hybridized carbons (Fsp3) is 0.188. The van der Waals surface area contributed by atoms with Crippen molar-refractivity contribution in [3.8, 4) is 5.75 Å². The van der Waals surface area contributed by atoms with E-state index < -0.39 is 0 Å². The molecule has 2 aromatic carbocycles. The fourth-order valence-corrected chi connectivity index (χ4v) is 2.40. The Bertz CT molecular complexity index is 646. The fourth-order valence-electron chi connectivity index (χ4n) is 2.00. The van der Waals surface area contributed by atoms with Crippen LogP contribution in [0.2, 0.25) is 5.02 Å². The van der Waals surface area contributed by atoms with E-state index in [9.17, 15) is 0 Å². The van der Waals surface area contributed by atoms with Crippen molar-refractivity contribution in [1.82, 2.24) is 0 Å². The minimum atomic E-state index is 0.497. The number of para-hydroxylation sites is 1. The van der Waals surface area contributed by atoms with Gasteiger partial charge >= 0.3 is 0 Å². The van der Waals surface area contributed by atoms with Gasteiger partial charge in [0.1, 0.15) is 5.75 Å². The van der Waals surface area contributed by atoms with Crippen LogP contribution in [-0.2, 0) is 6.42 Å². The summed E-state index contributed by atoms with van der Waals surface area (Å²) in [5, 5.41) is 7.43. The van der Waals surface area contributed by atoms with Crippen LogP contribution in [0.25, 0.3) is 0 Å². The highest BCUT2D eigenvalue weighted by Gasteiger charge is 2.07. The van der Waals surface area contributed by atoms with Crippen LogP contribution in [0.3, 0.4) is 0 Å². The predicted molar refractivity (Wildman–Crippen MR) is 93.7 cm³/mol. The molecular weight excluding hydrogens is 304 g/mol. The van der Waals surface area contributed by atoms with E-state index in [2.05, 4.69) is 23.6 Å². The van der Waals surface area contributed by atoms with Crippen molar-refractivity contribution >= 4 is 40.3 Å². The van der Waals surface area contributed by atoms with Crippen molar-refractivity contribution in [2.75, 3.05) is 17.7 Å². The van der Waals surface area contributed by atoms with E-state index >= 15 is 0 Å². The van der Waals surface area contributed by atoms with Crippen LogP contribution in [0.15, 0.2) is 42.5 Å². The van der Waals surface area contributed by atoms with Crippen molar-refractivity contribution in [2.24, 2.45) is 0 Å². The first-order valence-corrected chi connectivity index (χ1v) is 7.42. The second-order valence-electron chi connectivity index (χ2n) is 4.43. The Kier molecular flexibility index (Phi) is 5.42. The number of rotatable bonds is 4. The normalized spacial score (nSPS) is 10.0. The maximum atomic E-state index is 6.01. The molecule has 0 saturated carbocycles. The number of ether oxygens (including phenoxy) is 1.